The van der Waals surface area contributed by atoms with Gasteiger partial charge in [-0.1, -0.05) is 11.6 Å². The average molecular weight is 309 g/mol. The molecule has 1 saturated heterocycles. The molecule has 4 nitrogen and oxygen atoms in total. The molecule has 114 valence electrons. The second kappa shape index (κ2) is 6.67. The van der Waals surface area contributed by atoms with E-state index >= 15 is 0 Å². The summed E-state index contributed by atoms with van der Waals surface area (Å²) < 4.78 is 5.73. The van der Waals surface area contributed by atoms with E-state index in [4.69, 9.17) is 16.3 Å². The molecule has 0 radical (unpaired) electrons. The summed E-state index contributed by atoms with van der Waals surface area (Å²) >= 11 is 6.06. The van der Waals surface area contributed by atoms with Gasteiger partial charge in [-0.3, -0.25) is 4.79 Å². The molecule has 2 aliphatic rings. The molecule has 1 aromatic carbocycles. The second-order valence-electron chi connectivity index (χ2n) is 5.78. The lowest BCUT2D eigenvalue weighted by Crippen LogP contribution is -2.32. The van der Waals surface area contributed by atoms with Crippen molar-refractivity contribution in [3.63, 3.8) is 0 Å². The van der Waals surface area contributed by atoms with Crippen LogP contribution in [0.2, 0.25) is 5.02 Å². The van der Waals surface area contributed by atoms with Crippen LogP contribution in [-0.4, -0.2) is 36.5 Å². The molecule has 1 aliphatic carbocycles. The molecule has 0 spiro atoms. The van der Waals surface area contributed by atoms with Gasteiger partial charge in [-0.25, -0.2) is 0 Å². The van der Waals surface area contributed by atoms with Crippen LogP contribution in [0.25, 0.3) is 0 Å². The number of hydrogen-bond acceptors (Lipinski definition) is 3. The number of amides is 1. The molecule has 0 aromatic heterocycles. The Morgan fingerprint density at radius 1 is 1.33 bits per heavy atom. The zero-order chi connectivity index (χ0) is 14.7. The molecule has 0 bridgehead atoms. The lowest BCUT2D eigenvalue weighted by molar-refractivity contribution is -0.132. The third-order valence-corrected chi connectivity index (χ3v) is 4.23. The summed E-state index contributed by atoms with van der Waals surface area (Å²) in [4.78, 5) is 13.9. The van der Waals surface area contributed by atoms with Crippen molar-refractivity contribution in [3.05, 3.63) is 28.8 Å². The van der Waals surface area contributed by atoms with Gasteiger partial charge in [0.25, 0.3) is 5.91 Å². The summed E-state index contributed by atoms with van der Waals surface area (Å²) in [5.41, 5.74) is 1.02. The van der Waals surface area contributed by atoms with E-state index in [-0.39, 0.29) is 12.5 Å². The van der Waals surface area contributed by atoms with Crippen molar-refractivity contribution in [2.24, 2.45) is 0 Å². The molecule has 2 fully saturated rings. The van der Waals surface area contributed by atoms with E-state index in [1.165, 1.54) is 12.8 Å². The molecule has 0 atom stereocenters. The summed E-state index contributed by atoms with van der Waals surface area (Å²) in [6.07, 6.45) is 4.68. The first-order valence-corrected chi connectivity index (χ1v) is 8.02. The number of benzene rings is 1. The van der Waals surface area contributed by atoms with Crippen molar-refractivity contribution >= 4 is 17.5 Å². The molecular weight excluding hydrogens is 288 g/mol. The molecule has 1 aromatic rings. The lowest BCUT2D eigenvalue weighted by atomic mass is 10.2. The number of ether oxygens (including phenoxy) is 1. The van der Waals surface area contributed by atoms with Crippen LogP contribution in [0.1, 0.15) is 31.2 Å². The number of hydrogen-bond donors (Lipinski definition) is 1. The van der Waals surface area contributed by atoms with Gasteiger partial charge < -0.3 is 15.0 Å². The van der Waals surface area contributed by atoms with E-state index in [0.717, 1.165) is 43.8 Å². The maximum Gasteiger partial charge on any atom is 0.260 e. The smallest absolute Gasteiger partial charge is 0.260 e. The molecule has 5 heteroatoms. The molecule has 1 N–H and O–H groups in total. The van der Waals surface area contributed by atoms with Crippen LogP contribution >= 0.6 is 11.6 Å². The minimum atomic E-state index is 0.0727. The van der Waals surface area contributed by atoms with E-state index in [1.54, 1.807) is 6.07 Å². The van der Waals surface area contributed by atoms with Gasteiger partial charge in [0.1, 0.15) is 5.75 Å². The summed E-state index contributed by atoms with van der Waals surface area (Å²) in [5, 5.41) is 4.14. The first-order chi connectivity index (χ1) is 10.2. The van der Waals surface area contributed by atoms with Gasteiger partial charge in [0, 0.05) is 36.3 Å². The highest BCUT2D eigenvalue weighted by molar-refractivity contribution is 6.30. The van der Waals surface area contributed by atoms with Gasteiger partial charge in [-0.05, 0) is 43.9 Å². The third-order valence-electron chi connectivity index (χ3n) is 3.99. The molecule has 3 rings (SSSR count). The first-order valence-electron chi connectivity index (χ1n) is 7.65. The SMILES string of the molecule is O=C(COc1ccc(Cl)cc1CNC1CC1)N1CCCC1. The number of likely N-dealkylation sites (tertiary alicyclic amines) is 1. The Morgan fingerprint density at radius 3 is 2.81 bits per heavy atom. The maximum absolute atomic E-state index is 12.0. The van der Waals surface area contributed by atoms with E-state index < -0.39 is 0 Å². The van der Waals surface area contributed by atoms with Crippen LogP contribution in [0.4, 0.5) is 0 Å². The average Bonchev–Trinajstić information content (AvgIpc) is 3.15. The third kappa shape index (κ3) is 4.11. The highest BCUT2D eigenvalue weighted by atomic mass is 35.5. The zero-order valence-corrected chi connectivity index (χ0v) is 12.9. The number of carbonyl (C=O) groups excluding carboxylic acids is 1. The van der Waals surface area contributed by atoms with Gasteiger partial charge in [0.2, 0.25) is 0 Å². The van der Waals surface area contributed by atoms with Gasteiger partial charge in [0.05, 0.1) is 0 Å². The van der Waals surface area contributed by atoms with Crippen LogP contribution in [0.5, 0.6) is 5.75 Å². The molecule has 0 unspecified atom stereocenters. The van der Waals surface area contributed by atoms with Crippen molar-refractivity contribution in [3.8, 4) is 5.75 Å². The van der Waals surface area contributed by atoms with Crippen LogP contribution < -0.4 is 10.1 Å². The highest BCUT2D eigenvalue weighted by Crippen LogP contribution is 2.25. The summed E-state index contributed by atoms with van der Waals surface area (Å²) in [6.45, 7) is 2.56. The topological polar surface area (TPSA) is 41.6 Å². The monoisotopic (exact) mass is 308 g/mol. The second-order valence-corrected chi connectivity index (χ2v) is 6.22. The Bertz CT molecular complexity index is 511. The summed E-state index contributed by atoms with van der Waals surface area (Å²) in [5.74, 6) is 0.823. The van der Waals surface area contributed by atoms with E-state index in [1.807, 2.05) is 17.0 Å². The maximum atomic E-state index is 12.0. The number of rotatable bonds is 6. The Morgan fingerprint density at radius 2 is 2.10 bits per heavy atom. The number of halogens is 1. The number of nitrogens with one attached hydrogen (secondary N) is 1. The molecular formula is C16H21ClN2O2. The standard InChI is InChI=1S/C16H21ClN2O2/c17-13-3-6-15(12(9-13)10-18-14-4-5-14)21-11-16(20)19-7-1-2-8-19/h3,6,9,14,18H,1-2,4-5,7-8,10-11H2. The van der Waals surface area contributed by atoms with Crippen LogP contribution in [-0.2, 0) is 11.3 Å². The van der Waals surface area contributed by atoms with Crippen molar-refractivity contribution in [1.82, 2.24) is 10.2 Å². The Labute approximate surface area is 130 Å². The van der Waals surface area contributed by atoms with Crippen LogP contribution in [0, 0.1) is 0 Å². The minimum absolute atomic E-state index is 0.0727. The summed E-state index contributed by atoms with van der Waals surface area (Å²) in [7, 11) is 0. The van der Waals surface area contributed by atoms with E-state index in [9.17, 15) is 4.79 Å². The van der Waals surface area contributed by atoms with Gasteiger partial charge in [-0.2, -0.15) is 0 Å². The Hall–Kier alpha value is -1.26. The summed E-state index contributed by atoms with van der Waals surface area (Å²) in [6, 6.07) is 6.19. The van der Waals surface area contributed by atoms with E-state index in [2.05, 4.69) is 5.32 Å². The fourth-order valence-electron chi connectivity index (χ4n) is 2.57. The highest BCUT2D eigenvalue weighted by Gasteiger charge is 2.21. The quantitative estimate of drug-likeness (QED) is 0.878. The molecule has 1 amide bonds. The Balaban J connectivity index is 1.58. The van der Waals surface area contributed by atoms with Crippen molar-refractivity contribution in [1.29, 1.82) is 0 Å². The predicted molar refractivity (Wildman–Crippen MR) is 82.6 cm³/mol. The van der Waals surface area contributed by atoms with Crippen molar-refractivity contribution in [2.45, 2.75) is 38.3 Å². The van der Waals surface area contributed by atoms with Crippen LogP contribution in [0.3, 0.4) is 0 Å². The number of nitrogens with zero attached hydrogens (tertiary/aromatic N) is 1. The van der Waals surface area contributed by atoms with E-state index in [0.29, 0.717) is 11.1 Å². The lowest BCUT2D eigenvalue weighted by Gasteiger charge is -2.17. The fraction of sp³-hybridized carbons (Fsp3) is 0.562. The number of carbonyl (C=O) groups is 1. The van der Waals surface area contributed by atoms with Gasteiger partial charge in [-0.15, -0.1) is 0 Å². The Kier molecular flexibility index (Phi) is 4.66. The minimum Gasteiger partial charge on any atom is -0.483 e. The normalized spacial score (nSPS) is 18.0. The molecule has 1 saturated carbocycles. The van der Waals surface area contributed by atoms with Gasteiger partial charge in [0.15, 0.2) is 6.61 Å². The fourth-order valence-corrected chi connectivity index (χ4v) is 2.76. The molecule has 1 aliphatic heterocycles. The first kappa shape index (κ1) is 14.7. The molecule has 1 heterocycles. The predicted octanol–water partition coefficient (Wildman–Crippen LogP) is 2.59. The van der Waals surface area contributed by atoms with Gasteiger partial charge >= 0.3 is 0 Å². The van der Waals surface area contributed by atoms with Crippen LogP contribution in [0.15, 0.2) is 18.2 Å². The van der Waals surface area contributed by atoms with Crippen molar-refractivity contribution < 1.29 is 9.53 Å². The van der Waals surface area contributed by atoms with Crippen molar-refractivity contribution in [2.75, 3.05) is 19.7 Å². The largest absolute Gasteiger partial charge is 0.483 e. The molecule has 21 heavy (non-hydrogen) atoms. The zero-order valence-electron chi connectivity index (χ0n) is 12.1.